The Labute approximate surface area is 186 Å². The molecule has 7 nitrogen and oxygen atoms in total. The van der Waals surface area contributed by atoms with Crippen molar-refractivity contribution in [2.45, 2.75) is 15.5 Å². The summed E-state index contributed by atoms with van der Waals surface area (Å²) in [5.74, 6) is -0.693. The van der Waals surface area contributed by atoms with Crippen molar-refractivity contribution < 1.29 is 27.8 Å². The molecule has 0 radical (unpaired) electrons. The van der Waals surface area contributed by atoms with Gasteiger partial charge in [-0.15, -0.1) is 11.8 Å². The van der Waals surface area contributed by atoms with Crippen LogP contribution in [0.25, 0.3) is 0 Å². The van der Waals surface area contributed by atoms with E-state index in [-0.39, 0.29) is 36.8 Å². The maximum atomic E-state index is 13.0. The molecule has 0 aliphatic rings. The minimum atomic E-state index is -3.91. The third-order valence-corrected chi connectivity index (χ3v) is 7.47. The first-order chi connectivity index (χ1) is 14.3. The molecule has 2 aromatic carbocycles. The summed E-state index contributed by atoms with van der Waals surface area (Å²) in [6.45, 7) is 0.691. The van der Waals surface area contributed by atoms with E-state index in [1.807, 2.05) is 12.1 Å². The van der Waals surface area contributed by atoms with Crippen LogP contribution in [-0.2, 0) is 25.2 Å². The Balaban J connectivity index is 2.30. The van der Waals surface area contributed by atoms with Gasteiger partial charge in [0.15, 0.2) is 0 Å². The molecule has 2 rings (SSSR count). The molecule has 0 fully saturated rings. The van der Waals surface area contributed by atoms with Gasteiger partial charge in [-0.05, 0) is 35.9 Å². The zero-order chi connectivity index (χ0) is 22.1. The lowest BCUT2D eigenvalue weighted by Crippen LogP contribution is -2.36. The van der Waals surface area contributed by atoms with Crippen LogP contribution in [-0.4, -0.2) is 64.3 Å². The van der Waals surface area contributed by atoms with Crippen LogP contribution in [0, 0.1) is 0 Å². The lowest BCUT2D eigenvalue weighted by molar-refractivity contribution is 0.0692. The highest BCUT2D eigenvalue weighted by Crippen LogP contribution is 2.30. The Morgan fingerprint density at radius 2 is 1.77 bits per heavy atom. The van der Waals surface area contributed by atoms with Crippen molar-refractivity contribution in [3.63, 3.8) is 0 Å². The number of carbonyl (C=O) groups is 1. The lowest BCUT2D eigenvalue weighted by Gasteiger charge is -2.22. The fourth-order valence-corrected chi connectivity index (χ4v) is 5.25. The number of nitrogens with zero attached hydrogens (tertiary/aromatic N) is 1. The van der Waals surface area contributed by atoms with Crippen molar-refractivity contribution in [1.82, 2.24) is 4.31 Å². The molecule has 0 unspecified atom stereocenters. The van der Waals surface area contributed by atoms with Gasteiger partial charge in [0.25, 0.3) is 0 Å². The molecule has 30 heavy (non-hydrogen) atoms. The Bertz CT molecular complexity index is 960. The molecule has 10 heteroatoms. The van der Waals surface area contributed by atoms with Crippen molar-refractivity contribution in [3.8, 4) is 0 Å². The number of aromatic carboxylic acids is 1. The molecule has 164 valence electrons. The monoisotopic (exact) mass is 473 g/mol. The molecular formula is C20H24ClNO6S2. The molecule has 0 atom stereocenters. The van der Waals surface area contributed by atoms with E-state index in [9.17, 15) is 18.3 Å². The first-order valence-electron chi connectivity index (χ1n) is 9.02. The third kappa shape index (κ3) is 6.69. The summed E-state index contributed by atoms with van der Waals surface area (Å²) >= 11 is 7.29. The molecule has 0 saturated heterocycles. The summed E-state index contributed by atoms with van der Waals surface area (Å²) < 4.78 is 37.3. The third-order valence-electron chi connectivity index (χ3n) is 4.19. The van der Waals surface area contributed by atoms with Gasteiger partial charge in [-0.2, -0.15) is 4.31 Å². The van der Waals surface area contributed by atoms with Gasteiger partial charge in [0.05, 0.1) is 23.7 Å². The minimum absolute atomic E-state index is 0.0680. The van der Waals surface area contributed by atoms with Crippen molar-refractivity contribution in [2.75, 3.05) is 40.5 Å². The number of halogens is 1. The number of benzene rings is 2. The molecule has 1 N–H and O–H groups in total. The minimum Gasteiger partial charge on any atom is -0.478 e. The zero-order valence-electron chi connectivity index (χ0n) is 16.7. The van der Waals surface area contributed by atoms with Gasteiger partial charge in [0, 0.05) is 43.0 Å². The number of thioether (sulfide) groups is 1. The summed E-state index contributed by atoms with van der Waals surface area (Å²) in [6, 6.07) is 11.4. The van der Waals surface area contributed by atoms with Crippen LogP contribution in [0.15, 0.2) is 52.3 Å². The van der Waals surface area contributed by atoms with Crippen LogP contribution >= 0.6 is 23.4 Å². The molecule has 0 aromatic heterocycles. The molecule has 0 amide bonds. The van der Waals surface area contributed by atoms with Gasteiger partial charge in [0.1, 0.15) is 0 Å². The smallest absolute Gasteiger partial charge is 0.336 e. The van der Waals surface area contributed by atoms with E-state index in [1.165, 1.54) is 48.5 Å². The van der Waals surface area contributed by atoms with Gasteiger partial charge in [-0.25, -0.2) is 13.2 Å². The molecule has 0 bridgehead atoms. The SMILES string of the molecule is COCCN(CCOC)S(=O)(=O)c1ccc(SCc2cccc(Cl)c2)c(C(=O)O)c1. The van der Waals surface area contributed by atoms with E-state index < -0.39 is 16.0 Å². The van der Waals surface area contributed by atoms with Gasteiger partial charge < -0.3 is 14.6 Å². The predicted octanol–water partition coefficient (Wildman–Crippen LogP) is 3.61. The summed E-state index contributed by atoms with van der Waals surface area (Å²) in [6.07, 6.45) is 0. The number of rotatable bonds is 12. The topological polar surface area (TPSA) is 93.1 Å². The second-order valence-corrected chi connectivity index (χ2v) is 9.66. The quantitative estimate of drug-likeness (QED) is 0.470. The molecule has 0 spiro atoms. The highest BCUT2D eigenvalue weighted by Gasteiger charge is 2.26. The Kier molecular flexibility index (Phi) is 9.60. The van der Waals surface area contributed by atoms with Crippen LogP contribution < -0.4 is 0 Å². The molecule has 2 aromatic rings. The van der Waals surface area contributed by atoms with Crippen LogP contribution in [0.2, 0.25) is 5.02 Å². The standard InChI is InChI=1S/C20H24ClNO6S2/c1-27-10-8-22(9-11-28-2)30(25,26)17-6-7-19(18(13-17)20(23)24)29-14-15-4-3-5-16(21)12-15/h3-7,12-13H,8-11,14H2,1-2H3,(H,23,24). The van der Waals surface area contributed by atoms with Gasteiger partial charge >= 0.3 is 5.97 Å². The van der Waals surface area contributed by atoms with Crippen LogP contribution in [0.5, 0.6) is 0 Å². The van der Waals surface area contributed by atoms with Gasteiger partial charge in [0.2, 0.25) is 10.0 Å². The first-order valence-corrected chi connectivity index (χ1v) is 11.8. The molecule has 0 aliphatic heterocycles. The molecular weight excluding hydrogens is 450 g/mol. The summed E-state index contributed by atoms with van der Waals surface area (Å²) in [7, 11) is -0.944. The van der Waals surface area contributed by atoms with Gasteiger partial charge in [-0.3, -0.25) is 0 Å². The Morgan fingerprint density at radius 3 is 2.33 bits per heavy atom. The van der Waals surface area contributed by atoms with Crippen LogP contribution in [0.1, 0.15) is 15.9 Å². The van der Waals surface area contributed by atoms with Crippen molar-refractivity contribution in [1.29, 1.82) is 0 Å². The van der Waals surface area contributed by atoms with E-state index in [4.69, 9.17) is 21.1 Å². The first kappa shape index (κ1) is 24.6. The summed E-state index contributed by atoms with van der Waals surface area (Å²) in [5, 5.41) is 10.2. The average molecular weight is 474 g/mol. The fraction of sp³-hybridized carbons (Fsp3) is 0.350. The highest BCUT2D eigenvalue weighted by atomic mass is 35.5. The van der Waals surface area contributed by atoms with E-state index in [0.717, 1.165) is 5.56 Å². The predicted molar refractivity (Wildman–Crippen MR) is 117 cm³/mol. The van der Waals surface area contributed by atoms with E-state index in [2.05, 4.69) is 0 Å². The lowest BCUT2D eigenvalue weighted by atomic mass is 10.2. The second-order valence-electron chi connectivity index (χ2n) is 6.27. The summed E-state index contributed by atoms with van der Waals surface area (Å²) in [4.78, 5) is 12.2. The second kappa shape index (κ2) is 11.7. The van der Waals surface area contributed by atoms with E-state index >= 15 is 0 Å². The van der Waals surface area contributed by atoms with E-state index in [0.29, 0.717) is 15.7 Å². The maximum Gasteiger partial charge on any atom is 0.336 e. The highest BCUT2D eigenvalue weighted by molar-refractivity contribution is 7.98. The number of carboxylic acid groups (broad SMARTS) is 1. The molecule has 0 saturated carbocycles. The molecule has 0 heterocycles. The van der Waals surface area contributed by atoms with Crippen LogP contribution in [0.3, 0.4) is 0 Å². The Hall–Kier alpha value is -1.62. The number of hydrogen-bond donors (Lipinski definition) is 1. The molecule has 0 aliphatic carbocycles. The number of methoxy groups -OCH3 is 2. The number of hydrogen-bond acceptors (Lipinski definition) is 6. The van der Waals surface area contributed by atoms with Crippen molar-refractivity contribution in [2.24, 2.45) is 0 Å². The number of carboxylic acids is 1. The number of sulfonamides is 1. The van der Waals surface area contributed by atoms with Gasteiger partial charge in [-0.1, -0.05) is 23.7 Å². The fourth-order valence-electron chi connectivity index (χ4n) is 2.64. The Morgan fingerprint density at radius 1 is 1.10 bits per heavy atom. The number of ether oxygens (including phenoxy) is 2. The average Bonchev–Trinajstić information content (AvgIpc) is 2.72. The summed E-state index contributed by atoms with van der Waals surface area (Å²) in [5.41, 5.74) is 0.868. The van der Waals surface area contributed by atoms with Crippen LogP contribution in [0.4, 0.5) is 0 Å². The zero-order valence-corrected chi connectivity index (χ0v) is 19.1. The normalized spacial score (nSPS) is 11.7. The largest absolute Gasteiger partial charge is 0.478 e. The van der Waals surface area contributed by atoms with Crippen molar-refractivity contribution >= 4 is 39.4 Å². The maximum absolute atomic E-state index is 13.0. The van der Waals surface area contributed by atoms with Crippen molar-refractivity contribution in [3.05, 3.63) is 58.6 Å². The van der Waals surface area contributed by atoms with E-state index in [1.54, 1.807) is 12.1 Å².